The molecule has 30 heavy (non-hydrogen) atoms. The summed E-state index contributed by atoms with van der Waals surface area (Å²) >= 11 is 0. The molecule has 4 aliphatic heterocycles. The SMILES string of the molecule is Cl.Cl.O=C([C@@H]1CCCCN1)N1C[C@@H]2C[C@H](C1)c1ccc(CN3CCCC3)c(=O)n1C2. The average Bonchev–Trinajstić information content (AvgIpc) is 3.23. The van der Waals surface area contributed by atoms with Gasteiger partial charge in [-0.05, 0) is 63.7 Å². The van der Waals surface area contributed by atoms with Gasteiger partial charge in [-0.3, -0.25) is 14.5 Å². The maximum Gasteiger partial charge on any atom is 0.255 e. The second-order valence-corrected chi connectivity index (χ2v) is 9.23. The van der Waals surface area contributed by atoms with Gasteiger partial charge in [0.25, 0.3) is 5.56 Å². The summed E-state index contributed by atoms with van der Waals surface area (Å²) in [6, 6.07) is 4.22. The standard InChI is InChI=1S/C22H32N4O2.2ClH/c27-21-17(14-24-9-3-4-10-24)6-7-20-18-11-16(13-26(20)21)12-25(15-18)22(28)19-5-1-2-8-23-19;;/h6-7,16,18-19,23H,1-5,8-15H2;2*1H/t16-,18+,19-;;/m0../s1. The number of piperidine rings is 2. The molecule has 0 saturated carbocycles. The third-order valence-corrected chi connectivity index (χ3v) is 7.20. The van der Waals surface area contributed by atoms with Crippen molar-refractivity contribution in [1.82, 2.24) is 19.7 Å². The highest BCUT2D eigenvalue weighted by Gasteiger charge is 2.38. The Labute approximate surface area is 191 Å². The molecule has 3 saturated heterocycles. The summed E-state index contributed by atoms with van der Waals surface area (Å²) in [6.07, 6.45) is 6.87. The van der Waals surface area contributed by atoms with Gasteiger partial charge in [-0.25, -0.2) is 0 Å². The molecular weight excluding hydrogens is 423 g/mol. The van der Waals surface area contributed by atoms with Crippen LogP contribution in [0.1, 0.15) is 55.7 Å². The monoisotopic (exact) mass is 456 g/mol. The Kier molecular flexibility index (Phi) is 7.88. The van der Waals surface area contributed by atoms with Crippen molar-refractivity contribution in [1.29, 1.82) is 0 Å². The number of carbonyl (C=O) groups excluding carboxylic acids is 1. The molecule has 0 radical (unpaired) electrons. The summed E-state index contributed by atoms with van der Waals surface area (Å²) < 4.78 is 2.03. The van der Waals surface area contributed by atoms with Crippen LogP contribution in [-0.2, 0) is 17.9 Å². The maximum absolute atomic E-state index is 13.1. The van der Waals surface area contributed by atoms with Crippen LogP contribution in [0.5, 0.6) is 0 Å². The number of nitrogens with zero attached hydrogens (tertiary/aromatic N) is 3. The molecule has 0 aromatic carbocycles. The summed E-state index contributed by atoms with van der Waals surface area (Å²) in [4.78, 5) is 30.6. The Bertz CT molecular complexity index is 803. The van der Waals surface area contributed by atoms with E-state index in [4.69, 9.17) is 0 Å². The van der Waals surface area contributed by atoms with Gasteiger partial charge in [0, 0.05) is 43.4 Å². The van der Waals surface area contributed by atoms with Gasteiger partial charge in [0.15, 0.2) is 0 Å². The van der Waals surface area contributed by atoms with Crippen LogP contribution in [0, 0.1) is 5.92 Å². The largest absolute Gasteiger partial charge is 0.340 e. The second-order valence-electron chi connectivity index (χ2n) is 9.23. The Morgan fingerprint density at radius 2 is 1.83 bits per heavy atom. The number of aromatic nitrogens is 1. The number of likely N-dealkylation sites (tertiary alicyclic amines) is 2. The van der Waals surface area contributed by atoms with Gasteiger partial charge in [0.05, 0.1) is 6.04 Å². The van der Waals surface area contributed by atoms with Crippen LogP contribution in [0.4, 0.5) is 0 Å². The van der Waals surface area contributed by atoms with E-state index in [1.165, 1.54) is 19.3 Å². The topological polar surface area (TPSA) is 57.6 Å². The summed E-state index contributed by atoms with van der Waals surface area (Å²) in [6.45, 7) is 6.29. The van der Waals surface area contributed by atoms with Crippen molar-refractivity contribution in [2.75, 3.05) is 32.7 Å². The quantitative estimate of drug-likeness (QED) is 0.758. The molecular formula is C22H34Cl2N4O2. The van der Waals surface area contributed by atoms with Crippen molar-refractivity contribution >= 4 is 30.7 Å². The summed E-state index contributed by atoms with van der Waals surface area (Å²) in [5.74, 6) is 0.975. The molecule has 0 spiro atoms. The Morgan fingerprint density at radius 3 is 2.57 bits per heavy atom. The Morgan fingerprint density at radius 1 is 1.03 bits per heavy atom. The minimum atomic E-state index is -0.00222. The van der Waals surface area contributed by atoms with E-state index in [2.05, 4.69) is 27.2 Å². The van der Waals surface area contributed by atoms with Gasteiger partial charge in [-0.1, -0.05) is 12.5 Å². The molecule has 0 unspecified atom stereocenters. The molecule has 1 amide bonds. The van der Waals surface area contributed by atoms with E-state index in [1.807, 2.05) is 4.57 Å². The molecule has 1 N–H and O–H groups in total. The number of hydrogen-bond donors (Lipinski definition) is 1. The number of halogens is 2. The Hall–Kier alpha value is -1.08. The van der Waals surface area contributed by atoms with Gasteiger partial charge in [0.1, 0.15) is 0 Å². The molecule has 6 nitrogen and oxygen atoms in total. The van der Waals surface area contributed by atoms with E-state index >= 15 is 0 Å². The summed E-state index contributed by atoms with van der Waals surface area (Å²) in [5.41, 5.74) is 2.28. The fraction of sp³-hybridized carbons (Fsp3) is 0.727. The highest BCUT2D eigenvalue weighted by Crippen LogP contribution is 2.35. The molecule has 5 rings (SSSR count). The smallest absolute Gasteiger partial charge is 0.255 e. The first-order valence-electron chi connectivity index (χ1n) is 11.2. The van der Waals surface area contributed by atoms with Gasteiger partial charge in [-0.2, -0.15) is 0 Å². The van der Waals surface area contributed by atoms with Gasteiger partial charge in [0.2, 0.25) is 5.91 Å². The molecule has 1 aromatic heterocycles. The molecule has 4 aliphatic rings. The number of nitrogens with one attached hydrogen (secondary N) is 1. The molecule has 3 fully saturated rings. The zero-order chi connectivity index (χ0) is 19.1. The lowest BCUT2D eigenvalue weighted by Gasteiger charge is -2.44. The van der Waals surface area contributed by atoms with Crippen LogP contribution < -0.4 is 10.9 Å². The minimum Gasteiger partial charge on any atom is -0.340 e. The third-order valence-electron chi connectivity index (χ3n) is 7.20. The van der Waals surface area contributed by atoms with Crippen molar-refractivity contribution in [2.24, 2.45) is 5.92 Å². The maximum atomic E-state index is 13.1. The average molecular weight is 457 g/mol. The second kappa shape index (κ2) is 10.0. The third kappa shape index (κ3) is 4.57. The first kappa shape index (κ1) is 23.6. The van der Waals surface area contributed by atoms with Gasteiger partial charge < -0.3 is 14.8 Å². The lowest BCUT2D eigenvalue weighted by molar-refractivity contribution is -0.136. The van der Waals surface area contributed by atoms with Crippen molar-refractivity contribution in [2.45, 2.75) is 63.6 Å². The number of pyridine rings is 1. The first-order chi connectivity index (χ1) is 13.7. The molecule has 8 heteroatoms. The van der Waals surface area contributed by atoms with E-state index in [1.54, 1.807) is 0 Å². The van der Waals surface area contributed by atoms with E-state index in [-0.39, 0.29) is 42.3 Å². The van der Waals surface area contributed by atoms with E-state index in [9.17, 15) is 9.59 Å². The highest BCUT2D eigenvalue weighted by molar-refractivity contribution is 5.85. The van der Waals surface area contributed by atoms with E-state index < -0.39 is 0 Å². The van der Waals surface area contributed by atoms with Crippen molar-refractivity contribution in [3.63, 3.8) is 0 Å². The van der Waals surface area contributed by atoms with Crippen LogP contribution >= 0.6 is 24.8 Å². The van der Waals surface area contributed by atoms with Crippen LogP contribution in [0.2, 0.25) is 0 Å². The van der Waals surface area contributed by atoms with Crippen molar-refractivity contribution in [3.05, 3.63) is 33.7 Å². The zero-order valence-corrected chi connectivity index (χ0v) is 19.2. The fourth-order valence-electron chi connectivity index (χ4n) is 5.76. The normalized spacial score (nSPS) is 28.3. The van der Waals surface area contributed by atoms with E-state index in [0.29, 0.717) is 11.8 Å². The van der Waals surface area contributed by atoms with Gasteiger partial charge >= 0.3 is 0 Å². The predicted molar refractivity (Wildman–Crippen MR) is 123 cm³/mol. The molecule has 5 heterocycles. The fourth-order valence-corrected chi connectivity index (χ4v) is 5.76. The highest BCUT2D eigenvalue weighted by atomic mass is 35.5. The van der Waals surface area contributed by atoms with Crippen LogP contribution in [-0.4, -0.2) is 59.0 Å². The molecule has 168 valence electrons. The zero-order valence-electron chi connectivity index (χ0n) is 17.6. The number of carbonyl (C=O) groups is 1. The Balaban J connectivity index is 0.00000128. The van der Waals surface area contributed by atoms with E-state index in [0.717, 1.165) is 76.3 Å². The lowest BCUT2D eigenvalue weighted by Crippen LogP contribution is -2.55. The predicted octanol–water partition coefficient (Wildman–Crippen LogP) is 2.38. The summed E-state index contributed by atoms with van der Waals surface area (Å²) in [7, 11) is 0. The van der Waals surface area contributed by atoms with Crippen molar-refractivity contribution < 1.29 is 4.79 Å². The van der Waals surface area contributed by atoms with Gasteiger partial charge in [-0.15, -0.1) is 24.8 Å². The van der Waals surface area contributed by atoms with Crippen molar-refractivity contribution in [3.8, 4) is 0 Å². The molecule has 1 aromatic rings. The minimum absolute atomic E-state index is 0. The number of fused-ring (bicyclic) bond motifs is 4. The number of hydrogen-bond acceptors (Lipinski definition) is 4. The summed E-state index contributed by atoms with van der Waals surface area (Å²) in [5, 5.41) is 3.40. The molecule has 3 atom stereocenters. The lowest BCUT2D eigenvalue weighted by atomic mass is 9.82. The molecule has 0 aliphatic carbocycles. The van der Waals surface area contributed by atoms with Crippen LogP contribution in [0.3, 0.4) is 0 Å². The van der Waals surface area contributed by atoms with Crippen LogP contribution in [0.15, 0.2) is 16.9 Å². The number of amides is 1. The van der Waals surface area contributed by atoms with Crippen LogP contribution in [0.25, 0.3) is 0 Å². The molecule has 2 bridgehead atoms. The number of rotatable bonds is 3. The first-order valence-corrected chi connectivity index (χ1v) is 11.2.